The maximum absolute atomic E-state index is 11.9. The first-order chi connectivity index (χ1) is 7.39. The van der Waals surface area contributed by atoms with Crippen molar-refractivity contribution in [2.24, 2.45) is 0 Å². The Labute approximate surface area is 91.2 Å². The van der Waals surface area contributed by atoms with Gasteiger partial charge in [-0.25, -0.2) is 0 Å². The molecule has 0 aromatic heterocycles. The Morgan fingerprint density at radius 1 is 1.44 bits per heavy atom. The molecule has 1 amide bonds. The van der Waals surface area contributed by atoms with Gasteiger partial charge in [0.15, 0.2) is 6.10 Å². The Balaban J connectivity index is 2.04. The van der Waals surface area contributed by atoms with Crippen molar-refractivity contribution >= 4 is 5.91 Å². The molecule has 0 aliphatic heterocycles. The van der Waals surface area contributed by atoms with Crippen LogP contribution in [0.5, 0.6) is 0 Å². The van der Waals surface area contributed by atoms with Crippen LogP contribution in [0.3, 0.4) is 0 Å². The van der Waals surface area contributed by atoms with Crippen molar-refractivity contribution in [1.29, 1.82) is 0 Å². The van der Waals surface area contributed by atoms with E-state index in [4.69, 9.17) is 5.11 Å². The highest BCUT2D eigenvalue weighted by atomic mass is 19.4. The van der Waals surface area contributed by atoms with Gasteiger partial charge in [0.2, 0.25) is 5.91 Å². The molecule has 94 valence electrons. The molecule has 0 bridgehead atoms. The maximum atomic E-state index is 11.9. The predicted molar refractivity (Wildman–Crippen MR) is 50.7 cm³/mol. The molecule has 1 unspecified atom stereocenters. The molecule has 0 aromatic rings. The second-order valence-electron chi connectivity index (χ2n) is 3.84. The van der Waals surface area contributed by atoms with Gasteiger partial charge in [0, 0.05) is 19.0 Å². The zero-order valence-corrected chi connectivity index (χ0v) is 8.68. The number of halogens is 3. The minimum atomic E-state index is -4.68. The van der Waals surface area contributed by atoms with Gasteiger partial charge in [0.25, 0.3) is 0 Å². The number of aliphatic hydroxyl groups excluding tert-OH is 1. The quantitative estimate of drug-likeness (QED) is 0.620. The van der Waals surface area contributed by atoms with Crippen molar-refractivity contribution < 1.29 is 23.1 Å². The van der Waals surface area contributed by atoms with Crippen molar-refractivity contribution in [1.82, 2.24) is 10.6 Å². The number of hydrogen-bond donors (Lipinski definition) is 3. The first-order valence-corrected chi connectivity index (χ1v) is 5.14. The fraction of sp³-hybridized carbons (Fsp3) is 0.889. The second kappa shape index (κ2) is 5.49. The van der Waals surface area contributed by atoms with E-state index in [9.17, 15) is 18.0 Å². The average Bonchev–Trinajstić information content (AvgIpc) is 2.96. The third-order valence-corrected chi connectivity index (χ3v) is 2.23. The molecule has 0 heterocycles. The van der Waals surface area contributed by atoms with E-state index in [1.807, 2.05) is 5.32 Å². The minimum absolute atomic E-state index is 0.126. The van der Waals surface area contributed by atoms with Gasteiger partial charge in [-0.3, -0.25) is 4.79 Å². The van der Waals surface area contributed by atoms with E-state index in [1.54, 1.807) is 0 Å². The number of carbonyl (C=O) groups excluding carboxylic acids is 1. The van der Waals surface area contributed by atoms with E-state index >= 15 is 0 Å². The second-order valence-corrected chi connectivity index (χ2v) is 3.84. The fourth-order valence-corrected chi connectivity index (χ4v) is 1.09. The van der Waals surface area contributed by atoms with Gasteiger partial charge in [0.05, 0.1) is 6.54 Å². The van der Waals surface area contributed by atoms with Gasteiger partial charge in [0.1, 0.15) is 0 Å². The lowest BCUT2D eigenvalue weighted by Crippen LogP contribution is -2.41. The van der Waals surface area contributed by atoms with Crippen LogP contribution in [0.2, 0.25) is 0 Å². The summed E-state index contributed by atoms with van der Waals surface area (Å²) >= 11 is 0. The van der Waals surface area contributed by atoms with E-state index in [2.05, 4.69) is 5.32 Å². The predicted octanol–water partition coefficient (Wildman–Crippen LogP) is 0.168. The van der Waals surface area contributed by atoms with E-state index in [0.29, 0.717) is 12.6 Å². The number of carbonyl (C=O) groups is 1. The molecule has 0 spiro atoms. The molecular formula is C9H15F3N2O2. The molecule has 1 saturated carbocycles. The van der Waals surface area contributed by atoms with Crippen molar-refractivity contribution in [2.75, 3.05) is 13.1 Å². The molecule has 1 aliphatic carbocycles. The maximum Gasteiger partial charge on any atom is 0.416 e. The lowest BCUT2D eigenvalue weighted by atomic mass is 10.3. The van der Waals surface area contributed by atoms with Crippen LogP contribution in [0, 0.1) is 0 Å². The van der Waals surface area contributed by atoms with Crippen LogP contribution in [0.25, 0.3) is 0 Å². The van der Waals surface area contributed by atoms with Gasteiger partial charge >= 0.3 is 6.18 Å². The van der Waals surface area contributed by atoms with Gasteiger partial charge < -0.3 is 15.7 Å². The first kappa shape index (κ1) is 13.2. The van der Waals surface area contributed by atoms with Crippen molar-refractivity contribution in [3.8, 4) is 0 Å². The van der Waals surface area contributed by atoms with Crippen LogP contribution in [0.1, 0.15) is 19.3 Å². The standard InChI is InChI=1S/C9H15F3N2O2/c10-9(11,12)7(15)5-14-8(16)3-4-13-6-1-2-6/h6-7,13,15H,1-5H2,(H,14,16). The molecule has 1 fully saturated rings. The summed E-state index contributed by atoms with van der Waals surface area (Å²) in [5.74, 6) is -0.489. The fourth-order valence-electron chi connectivity index (χ4n) is 1.09. The third-order valence-electron chi connectivity index (χ3n) is 2.23. The Morgan fingerprint density at radius 3 is 2.56 bits per heavy atom. The van der Waals surface area contributed by atoms with E-state index in [1.165, 1.54) is 0 Å². The first-order valence-electron chi connectivity index (χ1n) is 5.14. The Kier molecular flexibility index (Phi) is 4.55. The number of hydrogen-bond acceptors (Lipinski definition) is 3. The molecule has 1 atom stereocenters. The van der Waals surface area contributed by atoms with Crippen LogP contribution >= 0.6 is 0 Å². The van der Waals surface area contributed by atoms with E-state index in [-0.39, 0.29) is 6.42 Å². The SMILES string of the molecule is O=C(CCNC1CC1)NCC(O)C(F)(F)F. The summed E-state index contributed by atoms with van der Waals surface area (Å²) in [7, 11) is 0. The summed E-state index contributed by atoms with van der Waals surface area (Å²) in [6.07, 6.45) is -4.86. The zero-order valence-electron chi connectivity index (χ0n) is 8.68. The molecule has 4 nitrogen and oxygen atoms in total. The van der Waals surface area contributed by atoms with Crippen molar-refractivity contribution in [3.05, 3.63) is 0 Å². The Morgan fingerprint density at radius 2 is 2.06 bits per heavy atom. The van der Waals surface area contributed by atoms with Crippen molar-refractivity contribution in [3.63, 3.8) is 0 Å². The van der Waals surface area contributed by atoms with Gasteiger partial charge in [-0.2, -0.15) is 13.2 Å². The van der Waals surface area contributed by atoms with Crippen molar-refractivity contribution in [2.45, 2.75) is 37.6 Å². The lowest BCUT2D eigenvalue weighted by molar-refractivity contribution is -0.201. The van der Waals surface area contributed by atoms with Crippen LogP contribution < -0.4 is 10.6 Å². The van der Waals surface area contributed by atoms with Crippen LogP contribution in [0.15, 0.2) is 0 Å². The molecule has 0 aromatic carbocycles. The van der Waals surface area contributed by atoms with Crippen LogP contribution in [-0.4, -0.2) is 42.4 Å². The summed E-state index contributed by atoms with van der Waals surface area (Å²) < 4.78 is 35.6. The summed E-state index contributed by atoms with van der Waals surface area (Å²) in [6.45, 7) is -0.329. The molecule has 3 N–H and O–H groups in total. The highest BCUT2D eigenvalue weighted by Crippen LogP contribution is 2.19. The molecule has 16 heavy (non-hydrogen) atoms. The van der Waals surface area contributed by atoms with Gasteiger partial charge in [-0.1, -0.05) is 0 Å². The topological polar surface area (TPSA) is 61.4 Å². The van der Waals surface area contributed by atoms with Crippen LogP contribution in [-0.2, 0) is 4.79 Å². The highest BCUT2D eigenvalue weighted by molar-refractivity contribution is 5.76. The molecule has 1 rings (SSSR count). The number of aliphatic hydroxyl groups is 1. The summed E-state index contributed by atoms with van der Waals surface area (Å²) in [4.78, 5) is 11.0. The summed E-state index contributed by atoms with van der Waals surface area (Å²) in [5.41, 5.74) is 0. The smallest absolute Gasteiger partial charge is 0.382 e. The number of alkyl halides is 3. The number of nitrogens with one attached hydrogen (secondary N) is 2. The molecule has 0 radical (unpaired) electrons. The molecule has 0 saturated heterocycles. The lowest BCUT2D eigenvalue weighted by Gasteiger charge is -2.14. The Bertz CT molecular complexity index is 241. The normalized spacial score (nSPS) is 18.2. The molecule has 7 heteroatoms. The average molecular weight is 240 g/mol. The highest BCUT2D eigenvalue weighted by Gasteiger charge is 2.38. The van der Waals surface area contributed by atoms with Gasteiger partial charge in [-0.05, 0) is 12.8 Å². The van der Waals surface area contributed by atoms with Gasteiger partial charge in [-0.15, -0.1) is 0 Å². The van der Waals surface area contributed by atoms with Crippen LogP contribution in [0.4, 0.5) is 13.2 Å². The zero-order chi connectivity index (χ0) is 12.2. The Hall–Kier alpha value is -0.820. The minimum Gasteiger partial charge on any atom is -0.382 e. The number of amides is 1. The van der Waals surface area contributed by atoms with E-state index < -0.39 is 24.7 Å². The monoisotopic (exact) mass is 240 g/mol. The largest absolute Gasteiger partial charge is 0.416 e. The third kappa shape index (κ3) is 5.32. The number of rotatable bonds is 6. The summed E-state index contributed by atoms with van der Waals surface area (Å²) in [6, 6.07) is 0.466. The summed E-state index contributed by atoms with van der Waals surface area (Å²) in [5, 5.41) is 13.7. The van der Waals surface area contributed by atoms with E-state index in [0.717, 1.165) is 12.8 Å². The molecule has 1 aliphatic rings. The molecular weight excluding hydrogens is 225 g/mol.